The molecular weight excluding hydrogens is 396 g/mol. The van der Waals surface area contributed by atoms with Crippen molar-refractivity contribution in [2.45, 2.75) is 25.2 Å². The topological polar surface area (TPSA) is 51.7 Å². The molecule has 5 rings (SSSR count). The molecule has 0 aliphatic carbocycles. The molecule has 0 radical (unpaired) electrons. The molecule has 1 fully saturated rings. The molecule has 30 heavy (non-hydrogen) atoms. The molecule has 2 aromatic carbocycles. The van der Waals surface area contributed by atoms with Gasteiger partial charge in [0.25, 0.3) is 0 Å². The van der Waals surface area contributed by atoms with Crippen molar-refractivity contribution in [2.75, 3.05) is 26.3 Å². The molecule has 3 aromatic rings. The summed E-state index contributed by atoms with van der Waals surface area (Å²) in [6.45, 7) is 2.85. The molecular formula is C24H24N2O3S. The van der Waals surface area contributed by atoms with Gasteiger partial charge in [-0.25, -0.2) is 4.98 Å². The van der Waals surface area contributed by atoms with Crippen molar-refractivity contribution in [2.24, 2.45) is 0 Å². The molecule has 1 saturated heterocycles. The van der Waals surface area contributed by atoms with Gasteiger partial charge in [0.2, 0.25) is 5.91 Å². The maximum atomic E-state index is 12.8. The number of benzene rings is 2. The van der Waals surface area contributed by atoms with E-state index in [1.165, 1.54) is 4.70 Å². The van der Waals surface area contributed by atoms with Crippen LogP contribution in [0.4, 0.5) is 0 Å². The molecule has 0 unspecified atom stereocenters. The van der Waals surface area contributed by atoms with Crippen molar-refractivity contribution >= 4 is 33.5 Å². The number of likely N-dealkylation sites (tertiary alicyclic amines) is 1. The van der Waals surface area contributed by atoms with Gasteiger partial charge in [-0.1, -0.05) is 18.2 Å². The van der Waals surface area contributed by atoms with E-state index in [0.29, 0.717) is 19.1 Å². The van der Waals surface area contributed by atoms with Gasteiger partial charge >= 0.3 is 0 Å². The largest absolute Gasteiger partial charge is 0.490 e. The van der Waals surface area contributed by atoms with Crippen LogP contribution in [0.2, 0.25) is 0 Å². The first kappa shape index (κ1) is 19.1. The number of para-hydroxylation sites is 1. The zero-order valence-corrected chi connectivity index (χ0v) is 17.6. The summed E-state index contributed by atoms with van der Waals surface area (Å²) in [5.74, 6) is 1.88. The van der Waals surface area contributed by atoms with Crippen molar-refractivity contribution in [1.82, 2.24) is 9.88 Å². The molecule has 0 bridgehead atoms. The van der Waals surface area contributed by atoms with E-state index in [0.717, 1.165) is 59.9 Å². The molecule has 0 N–H and O–H groups in total. The van der Waals surface area contributed by atoms with E-state index in [4.69, 9.17) is 14.5 Å². The lowest BCUT2D eigenvalue weighted by molar-refractivity contribution is -0.127. The Balaban J connectivity index is 1.27. The van der Waals surface area contributed by atoms with Gasteiger partial charge in [0.05, 0.1) is 28.4 Å². The van der Waals surface area contributed by atoms with Crippen LogP contribution in [0.5, 0.6) is 11.5 Å². The second-order valence-corrected chi connectivity index (χ2v) is 8.80. The van der Waals surface area contributed by atoms with Crippen molar-refractivity contribution in [1.29, 1.82) is 0 Å². The lowest BCUT2D eigenvalue weighted by atomic mass is 9.98. The number of thiazole rings is 1. The number of hydrogen-bond acceptors (Lipinski definition) is 5. The van der Waals surface area contributed by atoms with E-state index in [-0.39, 0.29) is 5.91 Å². The maximum Gasteiger partial charge on any atom is 0.246 e. The highest BCUT2D eigenvalue weighted by Gasteiger charge is 2.26. The Morgan fingerprint density at radius 1 is 1.10 bits per heavy atom. The smallest absolute Gasteiger partial charge is 0.246 e. The summed E-state index contributed by atoms with van der Waals surface area (Å²) >= 11 is 1.75. The van der Waals surface area contributed by atoms with Gasteiger partial charge in [-0.2, -0.15) is 0 Å². The molecule has 1 aromatic heterocycles. The second kappa shape index (κ2) is 8.48. The average molecular weight is 421 g/mol. The Hall–Kier alpha value is -2.86. The first-order valence-electron chi connectivity index (χ1n) is 10.5. The third kappa shape index (κ3) is 4.05. The summed E-state index contributed by atoms with van der Waals surface area (Å²) in [6.07, 6.45) is 6.49. The van der Waals surface area contributed by atoms with Crippen LogP contribution in [0, 0.1) is 0 Å². The minimum atomic E-state index is 0.0490. The Bertz CT molecular complexity index is 1060. The van der Waals surface area contributed by atoms with E-state index < -0.39 is 0 Å². The Morgan fingerprint density at radius 3 is 2.87 bits per heavy atom. The molecule has 3 heterocycles. The zero-order valence-electron chi connectivity index (χ0n) is 16.8. The van der Waals surface area contributed by atoms with Gasteiger partial charge in [-0.3, -0.25) is 4.79 Å². The number of aromatic nitrogens is 1. The van der Waals surface area contributed by atoms with Crippen LogP contribution < -0.4 is 9.47 Å². The number of rotatable bonds is 3. The molecule has 0 saturated carbocycles. The second-order valence-electron chi connectivity index (χ2n) is 7.73. The Labute approximate surface area is 179 Å². The molecule has 154 valence electrons. The first-order chi connectivity index (χ1) is 14.8. The van der Waals surface area contributed by atoms with Gasteiger partial charge in [-0.15, -0.1) is 11.3 Å². The molecule has 1 amide bonds. The van der Waals surface area contributed by atoms with Crippen molar-refractivity contribution < 1.29 is 14.3 Å². The predicted molar refractivity (Wildman–Crippen MR) is 119 cm³/mol. The molecule has 2 aliphatic heterocycles. The number of piperidine rings is 1. The summed E-state index contributed by atoms with van der Waals surface area (Å²) in [7, 11) is 0. The highest BCUT2D eigenvalue weighted by molar-refractivity contribution is 7.18. The number of carbonyl (C=O) groups is 1. The lowest BCUT2D eigenvalue weighted by Crippen LogP contribution is -2.38. The third-order valence-corrected chi connectivity index (χ3v) is 6.78. The van der Waals surface area contributed by atoms with E-state index in [9.17, 15) is 4.79 Å². The molecule has 2 aliphatic rings. The molecule has 6 heteroatoms. The van der Waals surface area contributed by atoms with Crippen LogP contribution in [-0.4, -0.2) is 42.1 Å². The van der Waals surface area contributed by atoms with Crippen LogP contribution >= 0.6 is 11.3 Å². The third-order valence-electron chi connectivity index (χ3n) is 5.58. The summed E-state index contributed by atoms with van der Waals surface area (Å²) in [6, 6.07) is 14.0. The summed E-state index contributed by atoms with van der Waals surface area (Å²) in [4.78, 5) is 19.6. The van der Waals surface area contributed by atoms with Gasteiger partial charge < -0.3 is 14.4 Å². The zero-order chi connectivity index (χ0) is 20.3. The monoisotopic (exact) mass is 420 g/mol. The maximum absolute atomic E-state index is 12.8. The number of nitrogens with zero attached hydrogens (tertiary/aromatic N) is 2. The van der Waals surface area contributed by atoms with E-state index >= 15 is 0 Å². The number of hydrogen-bond donors (Lipinski definition) is 0. The molecule has 5 nitrogen and oxygen atoms in total. The summed E-state index contributed by atoms with van der Waals surface area (Å²) in [5.41, 5.74) is 1.99. The predicted octanol–water partition coefficient (Wildman–Crippen LogP) is 4.88. The van der Waals surface area contributed by atoms with Crippen LogP contribution in [0.1, 0.15) is 35.8 Å². The fourth-order valence-corrected chi connectivity index (χ4v) is 5.09. The minimum absolute atomic E-state index is 0.0490. The van der Waals surface area contributed by atoms with Crippen molar-refractivity contribution in [3.63, 3.8) is 0 Å². The highest BCUT2D eigenvalue weighted by atomic mass is 32.1. The van der Waals surface area contributed by atoms with Crippen molar-refractivity contribution in [3.05, 3.63) is 59.1 Å². The number of carbonyl (C=O) groups excluding carboxylic acids is 1. The van der Waals surface area contributed by atoms with Gasteiger partial charge in [0.1, 0.15) is 0 Å². The quantitative estimate of drug-likeness (QED) is 0.567. The highest BCUT2D eigenvalue weighted by Crippen LogP contribution is 2.33. The van der Waals surface area contributed by atoms with Gasteiger partial charge in [0.15, 0.2) is 11.5 Å². The Kier molecular flexibility index (Phi) is 5.41. The number of fused-ring (bicyclic) bond motifs is 2. The minimum Gasteiger partial charge on any atom is -0.490 e. The van der Waals surface area contributed by atoms with Gasteiger partial charge in [0, 0.05) is 31.5 Å². The average Bonchev–Trinajstić information content (AvgIpc) is 3.09. The van der Waals surface area contributed by atoms with Crippen LogP contribution in [0.3, 0.4) is 0 Å². The van der Waals surface area contributed by atoms with Crippen LogP contribution in [0.15, 0.2) is 48.5 Å². The number of amides is 1. The normalized spacial score (nSPS) is 19.2. The first-order valence-corrected chi connectivity index (χ1v) is 11.3. The van der Waals surface area contributed by atoms with Crippen molar-refractivity contribution in [3.8, 4) is 11.5 Å². The standard InChI is InChI=1S/C24H24N2O3S/c27-23(11-9-17-8-10-20-21(15-17)29-14-4-13-28-20)26-12-3-5-18(16-26)24-25-19-6-1-2-7-22(19)30-24/h1-2,6-11,15,18H,3-5,12-14,16H2/b11-9+/t18-/m1/s1. The van der Waals surface area contributed by atoms with E-state index in [1.807, 2.05) is 41.3 Å². The Morgan fingerprint density at radius 2 is 1.97 bits per heavy atom. The summed E-state index contributed by atoms with van der Waals surface area (Å²) < 4.78 is 12.6. The fraction of sp³-hybridized carbons (Fsp3) is 0.333. The fourth-order valence-electron chi connectivity index (χ4n) is 4.00. The van der Waals surface area contributed by atoms with Gasteiger partial charge in [-0.05, 0) is 48.7 Å². The SMILES string of the molecule is O=C(/C=C/c1ccc2c(c1)OCCCO2)N1CCC[C@@H](c2nc3ccccc3s2)C1. The molecule has 1 atom stereocenters. The van der Waals surface area contributed by atoms with E-state index in [1.54, 1.807) is 17.4 Å². The van der Waals surface area contributed by atoms with E-state index in [2.05, 4.69) is 12.1 Å². The number of ether oxygens (including phenoxy) is 2. The van der Waals surface area contributed by atoms with Crippen LogP contribution in [0.25, 0.3) is 16.3 Å². The summed E-state index contributed by atoms with van der Waals surface area (Å²) in [5, 5.41) is 1.14. The van der Waals surface area contributed by atoms with Crippen LogP contribution in [-0.2, 0) is 4.79 Å². The lowest BCUT2D eigenvalue weighted by Gasteiger charge is -2.31. The molecule has 0 spiro atoms.